The summed E-state index contributed by atoms with van der Waals surface area (Å²) in [4.78, 5) is 42.4. The molecule has 0 bridgehead atoms. The normalized spacial score (nSPS) is 9.56. The van der Waals surface area contributed by atoms with E-state index in [1.165, 1.54) is 0 Å². The van der Waals surface area contributed by atoms with Gasteiger partial charge in [0.1, 0.15) is 6.54 Å². The van der Waals surface area contributed by atoms with E-state index in [2.05, 4.69) is 0 Å². The van der Waals surface area contributed by atoms with E-state index < -0.39 is 37.3 Å². The summed E-state index contributed by atoms with van der Waals surface area (Å²) < 4.78 is 0. The van der Waals surface area contributed by atoms with E-state index in [4.69, 9.17) is 20.4 Å². The molecule has 0 aromatic rings. The Hall–Kier alpha value is -2.52. The Morgan fingerprint density at radius 2 is 1.28 bits per heavy atom. The minimum atomic E-state index is -1.68. The van der Waals surface area contributed by atoms with Crippen LogP contribution in [-0.2, 0) is 4.79 Å². The first-order chi connectivity index (χ1) is 8.25. The van der Waals surface area contributed by atoms with Gasteiger partial charge >= 0.3 is 24.2 Å². The molecule has 3 amide bonds. The van der Waals surface area contributed by atoms with Gasteiger partial charge in [0.25, 0.3) is 0 Å². The van der Waals surface area contributed by atoms with E-state index in [-0.39, 0.29) is 17.9 Å². The Balaban J connectivity index is 4.28. The van der Waals surface area contributed by atoms with E-state index in [0.717, 1.165) is 0 Å². The molecule has 0 fully saturated rings. The van der Waals surface area contributed by atoms with Gasteiger partial charge in [-0.15, -0.1) is 0 Å². The maximum Gasteiger partial charge on any atom is 0.416 e. The number of carboxylic acid groups (broad SMARTS) is 4. The molecule has 0 saturated carbocycles. The third-order valence-corrected chi connectivity index (χ3v) is 1.87. The van der Waals surface area contributed by atoms with Crippen LogP contribution >= 0.6 is 0 Å². The van der Waals surface area contributed by atoms with E-state index in [1.807, 2.05) is 0 Å². The SMILES string of the molecule is O=C(O)CN(CCCN(C(=O)O)C(=O)O)C(=O)O. The van der Waals surface area contributed by atoms with Crippen LogP contribution < -0.4 is 0 Å². The summed E-state index contributed by atoms with van der Waals surface area (Å²) in [6.07, 6.45) is -4.96. The molecule has 0 heterocycles. The second-order valence-electron chi connectivity index (χ2n) is 3.17. The molecule has 10 heteroatoms. The Labute approximate surface area is 101 Å². The van der Waals surface area contributed by atoms with Gasteiger partial charge in [0, 0.05) is 13.1 Å². The first-order valence-electron chi connectivity index (χ1n) is 4.68. The molecular weight excluding hydrogens is 252 g/mol. The lowest BCUT2D eigenvalue weighted by Crippen LogP contribution is -2.39. The number of hydrogen-bond acceptors (Lipinski definition) is 4. The highest BCUT2D eigenvalue weighted by Crippen LogP contribution is 1.98. The molecule has 0 aromatic heterocycles. The van der Waals surface area contributed by atoms with Gasteiger partial charge in [-0.3, -0.25) is 9.69 Å². The van der Waals surface area contributed by atoms with Crippen LogP contribution in [-0.4, -0.2) is 74.1 Å². The predicted molar refractivity (Wildman–Crippen MR) is 54.6 cm³/mol. The van der Waals surface area contributed by atoms with Gasteiger partial charge in [-0.25, -0.2) is 19.3 Å². The van der Waals surface area contributed by atoms with Crippen LogP contribution in [0.2, 0.25) is 0 Å². The van der Waals surface area contributed by atoms with Crippen molar-refractivity contribution < 1.29 is 39.6 Å². The molecule has 0 aromatic carbocycles. The van der Waals surface area contributed by atoms with Crippen molar-refractivity contribution in [3.8, 4) is 0 Å². The van der Waals surface area contributed by atoms with Crippen LogP contribution in [0, 0.1) is 0 Å². The van der Waals surface area contributed by atoms with Crippen molar-refractivity contribution in [1.82, 2.24) is 9.80 Å². The number of imide groups is 1. The highest BCUT2D eigenvalue weighted by Gasteiger charge is 2.21. The van der Waals surface area contributed by atoms with Crippen molar-refractivity contribution in [3.63, 3.8) is 0 Å². The molecule has 0 rings (SSSR count). The fraction of sp³-hybridized carbons (Fsp3) is 0.500. The van der Waals surface area contributed by atoms with Crippen molar-refractivity contribution >= 4 is 24.2 Å². The highest BCUT2D eigenvalue weighted by molar-refractivity contribution is 5.85. The fourth-order valence-electron chi connectivity index (χ4n) is 1.10. The van der Waals surface area contributed by atoms with Crippen LogP contribution in [0.3, 0.4) is 0 Å². The molecule has 0 aliphatic carbocycles. The minimum absolute atomic E-state index is 0.0841. The number of rotatable bonds is 6. The summed E-state index contributed by atoms with van der Waals surface area (Å²) in [5.41, 5.74) is 0. The summed E-state index contributed by atoms with van der Waals surface area (Å²) in [5.74, 6) is -1.36. The maximum absolute atomic E-state index is 10.6. The molecule has 0 atom stereocenters. The van der Waals surface area contributed by atoms with Crippen molar-refractivity contribution in [2.75, 3.05) is 19.6 Å². The van der Waals surface area contributed by atoms with E-state index in [1.54, 1.807) is 0 Å². The summed E-state index contributed by atoms with van der Waals surface area (Å²) in [6.45, 7) is -1.47. The van der Waals surface area contributed by atoms with Gasteiger partial charge in [-0.1, -0.05) is 0 Å². The first kappa shape index (κ1) is 15.5. The molecule has 0 aliphatic heterocycles. The van der Waals surface area contributed by atoms with Crippen molar-refractivity contribution in [1.29, 1.82) is 0 Å². The average molecular weight is 264 g/mol. The zero-order valence-corrected chi connectivity index (χ0v) is 9.14. The molecule has 0 spiro atoms. The molecule has 10 nitrogen and oxygen atoms in total. The number of amides is 3. The molecule has 0 unspecified atom stereocenters. The third kappa shape index (κ3) is 5.53. The molecule has 0 radical (unpaired) electrons. The van der Waals surface area contributed by atoms with Crippen molar-refractivity contribution in [3.05, 3.63) is 0 Å². The molecule has 18 heavy (non-hydrogen) atoms. The second kappa shape index (κ2) is 6.93. The summed E-state index contributed by atoms with van der Waals surface area (Å²) in [7, 11) is 0. The van der Waals surface area contributed by atoms with E-state index >= 15 is 0 Å². The summed E-state index contributed by atoms with van der Waals surface area (Å²) in [5, 5.41) is 34.0. The first-order valence-corrected chi connectivity index (χ1v) is 4.68. The van der Waals surface area contributed by atoms with Crippen LogP contribution in [0.4, 0.5) is 14.4 Å². The summed E-state index contributed by atoms with van der Waals surface area (Å²) >= 11 is 0. The summed E-state index contributed by atoms with van der Waals surface area (Å²) in [6, 6.07) is 0. The zero-order chi connectivity index (χ0) is 14.3. The average Bonchev–Trinajstić information content (AvgIpc) is 2.20. The van der Waals surface area contributed by atoms with Crippen molar-refractivity contribution in [2.24, 2.45) is 0 Å². The molecule has 0 aliphatic rings. The van der Waals surface area contributed by atoms with Crippen LogP contribution in [0.5, 0.6) is 0 Å². The maximum atomic E-state index is 10.6. The third-order valence-electron chi connectivity index (χ3n) is 1.87. The van der Waals surface area contributed by atoms with E-state index in [0.29, 0.717) is 4.90 Å². The van der Waals surface area contributed by atoms with Gasteiger partial charge in [0.15, 0.2) is 0 Å². The Morgan fingerprint density at radius 1 is 0.778 bits per heavy atom. The quantitative estimate of drug-likeness (QED) is 0.526. The Kier molecular flexibility index (Phi) is 5.96. The van der Waals surface area contributed by atoms with Gasteiger partial charge in [-0.05, 0) is 6.42 Å². The van der Waals surface area contributed by atoms with Crippen LogP contribution in [0.25, 0.3) is 0 Å². The molecule has 102 valence electrons. The number of hydrogen-bond donors (Lipinski definition) is 4. The monoisotopic (exact) mass is 264 g/mol. The van der Waals surface area contributed by atoms with Crippen LogP contribution in [0.15, 0.2) is 0 Å². The lowest BCUT2D eigenvalue weighted by molar-refractivity contribution is -0.137. The molecular formula is C8H12N2O8. The van der Waals surface area contributed by atoms with E-state index in [9.17, 15) is 19.2 Å². The number of nitrogens with zero attached hydrogens (tertiary/aromatic N) is 2. The number of carbonyl (C=O) groups is 4. The zero-order valence-electron chi connectivity index (χ0n) is 9.14. The minimum Gasteiger partial charge on any atom is -0.480 e. The number of carboxylic acids is 1. The Morgan fingerprint density at radius 3 is 1.61 bits per heavy atom. The van der Waals surface area contributed by atoms with Crippen molar-refractivity contribution in [2.45, 2.75) is 6.42 Å². The largest absolute Gasteiger partial charge is 0.480 e. The van der Waals surface area contributed by atoms with Gasteiger partial charge < -0.3 is 20.4 Å². The standard InChI is InChI=1S/C8H12N2O8/c11-5(12)4-9(6(13)14)2-1-3-10(7(15)16)8(17)18/h1-4H2,(H,11,12)(H,13,14)(H,15,16)(H,17,18). The van der Waals surface area contributed by atoms with Gasteiger partial charge in [-0.2, -0.15) is 0 Å². The number of aliphatic carboxylic acids is 1. The highest BCUT2D eigenvalue weighted by atomic mass is 16.4. The molecule has 0 saturated heterocycles. The predicted octanol–water partition coefficient (Wildman–Crippen LogP) is 0.0991. The topological polar surface area (TPSA) is 156 Å². The van der Waals surface area contributed by atoms with Gasteiger partial charge in [0.2, 0.25) is 0 Å². The second-order valence-corrected chi connectivity index (χ2v) is 3.17. The smallest absolute Gasteiger partial charge is 0.416 e. The Bertz CT molecular complexity index is 341. The lowest BCUT2D eigenvalue weighted by Gasteiger charge is -2.18. The van der Waals surface area contributed by atoms with Crippen LogP contribution in [0.1, 0.15) is 6.42 Å². The lowest BCUT2D eigenvalue weighted by atomic mass is 10.3. The van der Waals surface area contributed by atoms with Gasteiger partial charge in [0.05, 0.1) is 0 Å². The fourth-order valence-corrected chi connectivity index (χ4v) is 1.10. The molecule has 4 N–H and O–H groups in total.